The average molecular weight is 297 g/mol. The van der Waals surface area contributed by atoms with E-state index in [1.807, 2.05) is 29.6 Å². The van der Waals surface area contributed by atoms with Crippen molar-refractivity contribution < 1.29 is 4.79 Å². The molecule has 1 aromatic carbocycles. The third-order valence-electron chi connectivity index (χ3n) is 2.63. The number of thiazole rings is 1. The number of aromatic nitrogens is 1. The van der Waals surface area contributed by atoms with E-state index in [4.69, 9.17) is 11.6 Å². The van der Waals surface area contributed by atoms with E-state index < -0.39 is 0 Å². The molecule has 2 aromatic rings. The number of nitrogens with zero attached hydrogens (tertiary/aromatic N) is 2. The Kier molecular flexibility index (Phi) is 3.28. The summed E-state index contributed by atoms with van der Waals surface area (Å²) < 4.78 is 0. The van der Waals surface area contributed by atoms with Crippen LogP contribution in [0, 0.1) is 0 Å². The second kappa shape index (κ2) is 4.91. The third-order valence-corrected chi connectivity index (χ3v) is 4.85. The van der Waals surface area contributed by atoms with Crippen LogP contribution < -0.4 is 4.90 Å². The highest BCUT2D eigenvalue weighted by Gasteiger charge is 2.35. The summed E-state index contributed by atoms with van der Waals surface area (Å²) >= 11 is 9.08. The maximum absolute atomic E-state index is 12.0. The fourth-order valence-corrected chi connectivity index (χ4v) is 3.97. The minimum absolute atomic E-state index is 0.0256. The van der Waals surface area contributed by atoms with Gasteiger partial charge in [-0.3, -0.25) is 9.69 Å². The van der Waals surface area contributed by atoms with Crippen molar-refractivity contribution in [3.05, 3.63) is 46.4 Å². The van der Waals surface area contributed by atoms with Crippen molar-refractivity contribution in [2.24, 2.45) is 0 Å². The number of carbonyl (C=O) groups is 1. The molecule has 0 spiro atoms. The number of hydrogen-bond acceptors (Lipinski definition) is 4. The van der Waals surface area contributed by atoms with Gasteiger partial charge in [-0.2, -0.15) is 0 Å². The van der Waals surface area contributed by atoms with Crippen molar-refractivity contribution in [2.45, 2.75) is 5.37 Å². The molecule has 0 N–H and O–H groups in total. The van der Waals surface area contributed by atoms with Crippen molar-refractivity contribution in [3.8, 4) is 0 Å². The van der Waals surface area contributed by atoms with Crippen LogP contribution in [0.2, 0.25) is 5.02 Å². The largest absolute Gasteiger partial charge is 0.273 e. The van der Waals surface area contributed by atoms with Crippen LogP contribution in [0.25, 0.3) is 0 Å². The zero-order valence-corrected chi connectivity index (χ0v) is 11.6. The molecule has 6 heteroatoms. The van der Waals surface area contributed by atoms with E-state index in [1.54, 1.807) is 22.9 Å². The monoisotopic (exact) mass is 296 g/mol. The van der Waals surface area contributed by atoms with Crippen LogP contribution in [-0.2, 0) is 4.79 Å². The highest BCUT2D eigenvalue weighted by molar-refractivity contribution is 8.00. The van der Waals surface area contributed by atoms with Gasteiger partial charge >= 0.3 is 0 Å². The second-order valence-corrected chi connectivity index (χ2v) is 6.17. The maximum atomic E-state index is 12.0. The number of thioether (sulfide) groups is 1. The highest BCUT2D eigenvalue weighted by atomic mass is 35.5. The van der Waals surface area contributed by atoms with Gasteiger partial charge in [-0.15, -0.1) is 23.1 Å². The molecule has 0 saturated carbocycles. The molecule has 0 aliphatic carbocycles. The minimum Gasteiger partial charge on any atom is -0.273 e. The van der Waals surface area contributed by atoms with Crippen molar-refractivity contribution >= 4 is 45.7 Å². The number of amides is 1. The first-order valence-electron chi connectivity index (χ1n) is 5.34. The Balaban J connectivity index is 1.99. The van der Waals surface area contributed by atoms with Gasteiger partial charge in [-0.05, 0) is 17.7 Å². The van der Waals surface area contributed by atoms with Gasteiger partial charge in [-0.1, -0.05) is 23.7 Å². The van der Waals surface area contributed by atoms with E-state index in [9.17, 15) is 4.79 Å². The molecule has 18 heavy (non-hydrogen) atoms. The molecular weight excluding hydrogens is 288 g/mol. The summed E-state index contributed by atoms with van der Waals surface area (Å²) in [6, 6.07) is 7.63. The van der Waals surface area contributed by atoms with Gasteiger partial charge < -0.3 is 0 Å². The molecular formula is C12H9ClN2OS2. The Bertz CT molecular complexity index is 573. The molecule has 1 amide bonds. The highest BCUT2D eigenvalue weighted by Crippen LogP contribution is 2.42. The van der Waals surface area contributed by atoms with Crippen LogP contribution in [0.5, 0.6) is 0 Å². The molecule has 1 atom stereocenters. The molecule has 1 aliphatic heterocycles. The van der Waals surface area contributed by atoms with Crippen molar-refractivity contribution in [2.75, 3.05) is 10.7 Å². The average Bonchev–Trinajstić information content (AvgIpc) is 2.97. The van der Waals surface area contributed by atoms with E-state index in [0.29, 0.717) is 10.8 Å². The van der Waals surface area contributed by atoms with Gasteiger partial charge in [0.05, 0.1) is 5.75 Å². The third kappa shape index (κ3) is 2.13. The minimum atomic E-state index is -0.0256. The summed E-state index contributed by atoms with van der Waals surface area (Å²) in [5.74, 6) is 0.580. The smallest absolute Gasteiger partial charge is 0.240 e. The van der Waals surface area contributed by atoms with E-state index in [2.05, 4.69) is 4.98 Å². The molecule has 1 aromatic heterocycles. The topological polar surface area (TPSA) is 33.2 Å². The summed E-state index contributed by atoms with van der Waals surface area (Å²) in [6.45, 7) is 0. The lowest BCUT2D eigenvalue weighted by atomic mass is 10.2. The first-order chi connectivity index (χ1) is 8.75. The molecule has 1 fully saturated rings. The lowest BCUT2D eigenvalue weighted by Crippen LogP contribution is -2.27. The number of benzene rings is 1. The van der Waals surface area contributed by atoms with Crippen LogP contribution in [0.4, 0.5) is 5.13 Å². The molecule has 2 heterocycles. The molecule has 1 saturated heterocycles. The van der Waals surface area contributed by atoms with E-state index in [-0.39, 0.29) is 11.3 Å². The van der Waals surface area contributed by atoms with Crippen LogP contribution in [0.1, 0.15) is 10.9 Å². The SMILES string of the molecule is O=C1CSC(c2cccc(Cl)c2)N1c1nccs1. The predicted octanol–water partition coefficient (Wildman–Crippen LogP) is 3.58. The fraction of sp³-hybridized carbons (Fsp3) is 0.167. The van der Waals surface area contributed by atoms with Gasteiger partial charge in [0.2, 0.25) is 5.91 Å². The van der Waals surface area contributed by atoms with Crippen molar-refractivity contribution in [3.63, 3.8) is 0 Å². The Morgan fingerprint density at radius 1 is 1.44 bits per heavy atom. The lowest BCUT2D eigenvalue weighted by Gasteiger charge is -2.21. The predicted molar refractivity (Wildman–Crippen MR) is 76.3 cm³/mol. The van der Waals surface area contributed by atoms with Gasteiger partial charge in [0.25, 0.3) is 0 Å². The lowest BCUT2D eigenvalue weighted by molar-refractivity contribution is -0.115. The van der Waals surface area contributed by atoms with Crippen LogP contribution >= 0.6 is 34.7 Å². The van der Waals surface area contributed by atoms with Crippen LogP contribution in [0.3, 0.4) is 0 Å². The molecule has 1 aliphatic rings. The standard InChI is InChI=1S/C12H9ClN2OS2/c13-9-3-1-2-8(6-9)11-15(10(16)7-18-11)12-14-4-5-17-12/h1-6,11H,7H2. The van der Waals surface area contributed by atoms with Crippen LogP contribution in [0.15, 0.2) is 35.8 Å². The molecule has 92 valence electrons. The first kappa shape index (κ1) is 12.0. The number of rotatable bonds is 2. The summed E-state index contributed by atoms with van der Waals surface area (Å²) in [5, 5.41) is 3.28. The molecule has 0 bridgehead atoms. The number of anilines is 1. The summed E-state index contributed by atoms with van der Waals surface area (Å²) in [7, 11) is 0. The van der Waals surface area contributed by atoms with Gasteiger partial charge in [0, 0.05) is 16.6 Å². The molecule has 3 rings (SSSR count). The summed E-state index contributed by atoms with van der Waals surface area (Å²) in [4.78, 5) is 18.0. The molecule has 1 unspecified atom stereocenters. The van der Waals surface area contributed by atoms with Crippen molar-refractivity contribution in [1.29, 1.82) is 0 Å². The Hall–Kier alpha value is -1.04. The van der Waals surface area contributed by atoms with Crippen molar-refractivity contribution in [1.82, 2.24) is 4.98 Å². The number of hydrogen-bond donors (Lipinski definition) is 0. The van der Waals surface area contributed by atoms with Gasteiger partial charge in [0.15, 0.2) is 5.13 Å². The first-order valence-corrected chi connectivity index (χ1v) is 7.65. The van der Waals surface area contributed by atoms with E-state index >= 15 is 0 Å². The van der Waals surface area contributed by atoms with Gasteiger partial charge in [0.1, 0.15) is 5.37 Å². The fourth-order valence-electron chi connectivity index (χ4n) is 1.87. The summed E-state index contributed by atoms with van der Waals surface area (Å²) in [6.07, 6.45) is 1.71. The second-order valence-electron chi connectivity index (χ2n) is 3.80. The molecule has 3 nitrogen and oxygen atoms in total. The Labute approximate surface area is 118 Å². The summed E-state index contributed by atoms with van der Waals surface area (Å²) in [5.41, 5.74) is 1.04. The van der Waals surface area contributed by atoms with E-state index in [1.165, 1.54) is 11.3 Å². The Morgan fingerprint density at radius 2 is 2.33 bits per heavy atom. The quantitative estimate of drug-likeness (QED) is 0.849. The Morgan fingerprint density at radius 3 is 3.06 bits per heavy atom. The number of carbonyl (C=O) groups excluding carboxylic acids is 1. The molecule has 0 radical (unpaired) electrons. The van der Waals surface area contributed by atoms with E-state index in [0.717, 1.165) is 10.7 Å². The van der Waals surface area contributed by atoms with Crippen LogP contribution in [-0.4, -0.2) is 16.6 Å². The zero-order chi connectivity index (χ0) is 12.5. The maximum Gasteiger partial charge on any atom is 0.240 e. The normalized spacial score (nSPS) is 19.5. The van der Waals surface area contributed by atoms with Gasteiger partial charge in [-0.25, -0.2) is 4.98 Å². The number of halogens is 1. The zero-order valence-electron chi connectivity index (χ0n) is 9.25.